The maximum Gasteiger partial charge on any atom is 0.231 e. The first-order valence-corrected chi connectivity index (χ1v) is 21.9. The molecule has 5 aromatic carbocycles. The van der Waals surface area contributed by atoms with E-state index in [1.165, 1.54) is 91.7 Å². The number of allylic oxidation sites excluding steroid dienone is 6. The van der Waals surface area contributed by atoms with Gasteiger partial charge in [0, 0.05) is 57.1 Å². The van der Waals surface area contributed by atoms with Crippen LogP contribution in [0.25, 0.3) is 38.5 Å². The zero-order valence-electron chi connectivity index (χ0n) is 33.8. The Balaban J connectivity index is 1.03. The first-order chi connectivity index (χ1) is 29.1. The highest BCUT2D eigenvalue weighted by molar-refractivity contribution is 6.08. The molecule has 0 N–H and O–H groups in total. The fourth-order valence-corrected chi connectivity index (χ4v) is 11.5. The molecule has 0 spiro atoms. The number of hydrogen-bond acceptors (Lipinski definition) is 4. The van der Waals surface area contributed by atoms with Crippen molar-refractivity contribution in [2.45, 2.75) is 88.3 Å². The molecular weight excluding hydrogens is 719 g/mol. The second kappa shape index (κ2) is 13.7. The Morgan fingerprint density at radius 2 is 1.47 bits per heavy atom. The van der Waals surface area contributed by atoms with Crippen LogP contribution in [0.4, 0.5) is 23.0 Å². The fraction of sp³-hybridized carbons (Fsp3) is 0.259. The Morgan fingerprint density at radius 1 is 0.695 bits per heavy atom. The maximum absolute atomic E-state index is 5.70. The van der Waals surface area contributed by atoms with E-state index < -0.39 is 0 Å². The molecule has 12 rings (SSSR count). The molecule has 4 unspecified atom stereocenters. The molecule has 1 saturated carbocycles. The van der Waals surface area contributed by atoms with Crippen molar-refractivity contribution in [1.29, 1.82) is 0 Å². The zero-order chi connectivity index (χ0) is 39.1. The van der Waals surface area contributed by atoms with E-state index in [0.29, 0.717) is 11.8 Å². The van der Waals surface area contributed by atoms with Crippen molar-refractivity contribution in [3.05, 3.63) is 174 Å². The molecule has 5 nitrogen and oxygen atoms in total. The molecule has 3 aliphatic carbocycles. The third-order valence-corrected chi connectivity index (χ3v) is 14.4. The van der Waals surface area contributed by atoms with Gasteiger partial charge < -0.3 is 14.4 Å². The fourth-order valence-electron chi connectivity index (χ4n) is 11.5. The number of anilines is 4. The van der Waals surface area contributed by atoms with Crippen LogP contribution >= 0.6 is 0 Å². The normalized spacial score (nSPS) is 23.2. The maximum atomic E-state index is 5.70. The van der Waals surface area contributed by atoms with Crippen LogP contribution in [0.5, 0.6) is 0 Å². The molecule has 4 atom stereocenters. The summed E-state index contributed by atoms with van der Waals surface area (Å²) in [6.07, 6.45) is 20.8. The van der Waals surface area contributed by atoms with Crippen LogP contribution in [0.1, 0.15) is 98.7 Å². The Bertz CT molecular complexity index is 2830. The lowest BCUT2D eigenvalue weighted by Crippen LogP contribution is -2.46. The van der Waals surface area contributed by atoms with Gasteiger partial charge in [0.2, 0.25) is 5.95 Å². The molecule has 5 heteroatoms. The number of rotatable bonds is 5. The zero-order valence-corrected chi connectivity index (χ0v) is 33.8. The van der Waals surface area contributed by atoms with Crippen molar-refractivity contribution in [1.82, 2.24) is 14.5 Å². The van der Waals surface area contributed by atoms with Gasteiger partial charge in [-0.25, -0.2) is 9.97 Å². The Kier molecular flexibility index (Phi) is 8.08. The molecule has 1 fully saturated rings. The van der Waals surface area contributed by atoms with Gasteiger partial charge in [0.25, 0.3) is 0 Å². The van der Waals surface area contributed by atoms with Crippen LogP contribution in [0.3, 0.4) is 0 Å². The minimum atomic E-state index is -0.143. The van der Waals surface area contributed by atoms with E-state index in [9.17, 15) is 0 Å². The third-order valence-electron chi connectivity index (χ3n) is 14.4. The van der Waals surface area contributed by atoms with Gasteiger partial charge >= 0.3 is 0 Å². The minimum Gasteiger partial charge on any atom is -0.335 e. The van der Waals surface area contributed by atoms with Gasteiger partial charge in [-0.2, -0.15) is 0 Å². The lowest BCUT2D eigenvalue weighted by atomic mass is 9.73. The summed E-state index contributed by atoms with van der Waals surface area (Å²) < 4.78 is 2.53. The van der Waals surface area contributed by atoms with Gasteiger partial charge in [0.1, 0.15) is 0 Å². The topological polar surface area (TPSA) is 37.2 Å². The molecule has 4 heterocycles. The first-order valence-electron chi connectivity index (χ1n) is 21.9. The summed E-state index contributed by atoms with van der Waals surface area (Å²) in [7, 11) is 0. The number of hydrogen-bond donors (Lipinski definition) is 0. The number of benzene rings is 5. The molecule has 59 heavy (non-hydrogen) atoms. The van der Waals surface area contributed by atoms with E-state index in [-0.39, 0.29) is 11.6 Å². The largest absolute Gasteiger partial charge is 0.335 e. The third kappa shape index (κ3) is 5.43. The Morgan fingerprint density at radius 3 is 2.25 bits per heavy atom. The van der Waals surface area contributed by atoms with Crippen molar-refractivity contribution >= 4 is 50.4 Å². The summed E-state index contributed by atoms with van der Waals surface area (Å²) in [5.41, 5.74) is 15.1. The predicted molar refractivity (Wildman–Crippen MR) is 244 cm³/mol. The van der Waals surface area contributed by atoms with Crippen LogP contribution in [0, 0.1) is 0 Å². The monoisotopic (exact) mass is 767 g/mol. The number of aromatic nitrogens is 3. The molecule has 0 bridgehead atoms. The molecule has 0 amide bonds. The van der Waals surface area contributed by atoms with E-state index in [1.807, 2.05) is 0 Å². The molecule has 290 valence electrons. The highest BCUT2D eigenvalue weighted by Crippen LogP contribution is 2.62. The summed E-state index contributed by atoms with van der Waals surface area (Å²) in [4.78, 5) is 16.6. The molecule has 2 aliphatic heterocycles. The van der Waals surface area contributed by atoms with Crippen molar-refractivity contribution in [2.75, 3.05) is 9.80 Å². The molecule has 2 aromatic heterocycles. The average Bonchev–Trinajstić information content (AvgIpc) is 3.78. The van der Waals surface area contributed by atoms with Crippen molar-refractivity contribution in [3.63, 3.8) is 0 Å². The van der Waals surface area contributed by atoms with Crippen molar-refractivity contribution in [3.8, 4) is 11.1 Å². The van der Waals surface area contributed by atoms with Gasteiger partial charge in [0.05, 0.1) is 28.6 Å². The van der Waals surface area contributed by atoms with E-state index >= 15 is 0 Å². The average molecular weight is 768 g/mol. The first kappa shape index (κ1) is 34.8. The highest BCUT2D eigenvalue weighted by Gasteiger charge is 2.53. The number of para-hydroxylation sites is 3. The van der Waals surface area contributed by atoms with E-state index in [2.05, 4.69) is 173 Å². The van der Waals surface area contributed by atoms with E-state index in [4.69, 9.17) is 9.97 Å². The molecule has 5 aliphatic rings. The summed E-state index contributed by atoms with van der Waals surface area (Å²) in [6, 6.07) is 45.1. The summed E-state index contributed by atoms with van der Waals surface area (Å²) in [5, 5.41) is 2.63. The van der Waals surface area contributed by atoms with Crippen molar-refractivity contribution in [2.24, 2.45) is 0 Å². The van der Waals surface area contributed by atoms with Gasteiger partial charge in [-0.1, -0.05) is 134 Å². The quantitative estimate of drug-likeness (QED) is 0.164. The predicted octanol–water partition coefficient (Wildman–Crippen LogP) is 13.9. The molecule has 7 aromatic rings. The SMILES string of the molecule is CC12CCCCC1c1ccc3c(c1N2c1nc(C2=CCC(n4c5ccccc5c5ccccc54)C=C2)cc(C2CC=CCC2)n1)N(c1ccccc1)Cc1ccccc1-3. The van der Waals surface area contributed by atoms with Gasteiger partial charge in [-0.15, -0.1) is 0 Å². The second-order valence-electron chi connectivity index (χ2n) is 17.7. The van der Waals surface area contributed by atoms with Crippen LogP contribution in [-0.2, 0) is 6.54 Å². The Hall–Kier alpha value is -6.20. The lowest BCUT2D eigenvalue weighted by molar-refractivity contribution is 0.288. The van der Waals surface area contributed by atoms with Crippen LogP contribution in [-0.4, -0.2) is 20.1 Å². The van der Waals surface area contributed by atoms with E-state index in [1.54, 1.807) is 0 Å². The standard InChI is InChI=1S/C54H49N5/c1-54-33-15-14-24-46(54)45-32-31-44-41-21-9-8-18-38(41)35-57(39-19-6-3-7-20-39)51(44)52(45)59(54)53-55-47(36-16-4-2-5-17-36)34-48(56-53)37-27-29-40(30-28-37)58-49-25-12-10-22-42(49)43-23-11-13-26-50(43)58/h2-4,6-13,18-23,25-29,31-32,34,36,40,46H,5,14-17,24,30,33,35H2,1H3. The van der Waals surface area contributed by atoms with Crippen molar-refractivity contribution < 1.29 is 0 Å². The summed E-state index contributed by atoms with van der Waals surface area (Å²) in [5.74, 6) is 1.63. The summed E-state index contributed by atoms with van der Waals surface area (Å²) in [6.45, 7) is 3.34. The minimum absolute atomic E-state index is 0.143. The highest BCUT2D eigenvalue weighted by atomic mass is 15.3. The molecule has 0 saturated heterocycles. The van der Waals surface area contributed by atoms with E-state index in [0.717, 1.165) is 50.3 Å². The number of nitrogens with zero attached hydrogens (tertiary/aromatic N) is 5. The second-order valence-corrected chi connectivity index (χ2v) is 17.7. The molecule has 0 radical (unpaired) electrons. The van der Waals surface area contributed by atoms with Gasteiger partial charge in [0.15, 0.2) is 0 Å². The summed E-state index contributed by atoms with van der Waals surface area (Å²) >= 11 is 0. The van der Waals surface area contributed by atoms with Gasteiger partial charge in [-0.05, 0) is 98.0 Å². The number of fused-ring (bicyclic) bond motifs is 10. The lowest BCUT2D eigenvalue weighted by Gasteiger charge is -2.44. The van der Waals surface area contributed by atoms with Crippen LogP contribution in [0.2, 0.25) is 0 Å². The van der Waals surface area contributed by atoms with Gasteiger partial charge in [-0.3, -0.25) is 0 Å². The smallest absolute Gasteiger partial charge is 0.231 e. The van der Waals surface area contributed by atoms with Crippen LogP contribution in [0.15, 0.2) is 152 Å². The van der Waals surface area contributed by atoms with Crippen LogP contribution < -0.4 is 9.80 Å². The molecular formula is C54H49N5. The Labute approximate surface area is 347 Å².